The van der Waals surface area contributed by atoms with Crippen LogP contribution >= 0.6 is 0 Å². The maximum absolute atomic E-state index is 13.5. The molecule has 34 heavy (non-hydrogen) atoms. The Bertz CT molecular complexity index is 1430. The molecule has 1 aliphatic carbocycles. The van der Waals surface area contributed by atoms with E-state index in [0.29, 0.717) is 0 Å². The number of nitrogens with zero attached hydrogens (tertiary/aromatic N) is 1. The predicted molar refractivity (Wildman–Crippen MR) is 108 cm³/mol. The number of hydrogen-bond acceptors (Lipinski definition) is 3. The summed E-state index contributed by atoms with van der Waals surface area (Å²) in [5.74, 6) is -2.66. The molecule has 0 saturated heterocycles. The molecule has 1 aliphatic rings. The highest BCUT2D eigenvalue weighted by molar-refractivity contribution is 6.06. The fraction of sp³-hybridized carbons (Fsp3) is 0.227. The lowest BCUT2D eigenvalue weighted by Crippen LogP contribution is -2.29. The number of H-pyrrole nitrogens is 1. The third kappa shape index (κ3) is 3.88. The van der Waals surface area contributed by atoms with E-state index >= 15 is 0 Å². The molecule has 4 rings (SSSR count). The van der Waals surface area contributed by atoms with Gasteiger partial charge >= 0.3 is 24.3 Å². The molecule has 0 spiro atoms. The van der Waals surface area contributed by atoms with Gasteiger partial charge in [-0.15, -0.1) is 0 Å². The minimum absolute atomic E-state index is 0.0537. The van der Waals surface area contributed by atoms with Gasteiger partial charge in [0.05, 0.1) is 22.0 Å². The van der Waals surface area contributed by atoms with Crippen molar-refractivity contribution >= 4 is 39.3 Å². The van der Waals surface area contributed by atoms with Gasteiger partial charge in [-0.05, 0) is 37.1 Å². The standard InChI is InChI=1S/C22H14F6N2O4/c1-20(19(33)34)7-10(4-11(8-20)18(31)32)14-5-9-2-3-12-13(21(23,24)25)6-15(22(26,27)28)30-17(12)16(9)29-14/h2-7,29H,8H2,1H3,(H,31,32)(H,33,34). The highest BCUT2D eigenvalue weighted by Crippen LogP contribution is 2.42. The molecule has 1 aromatic carbocycles. The lowest BCUT2D eigenvalue weighted by Gasteiger charge is -2.26. The van der Waals surface area contributed by atoms with Crippen LogP contribution in [0.1, 0.15) is 30.3 Å². The Morgan fingerprint density at radius 3 is 2.29 bits per heavy atom. The minimum Gasteiger partial charge on any atom is -0.481 e. The molecule has 1 atom stereocenters. The van der Waals surface area contributed by atoms with Gasteiger partial charge < -0.3 is 15.2 Å². The summed E-state index contributed by atoms with van der Waals surface area (Å²) in [5.41, 5.74) is -5.54. The molecule has 3 aromatic rings. The molecule has 2 heterocycles. The van der Waals surface area contributed by atoms with Crippen LogP contribution in [-0.4, -0.2) is 32.1 Å². The third-order valence-electron chi connectivity index (χ3n) is 5.60. The van der Waals surface area contributed by atoms with Crippen LogP contribution in [0.5, 0.6) is 0 Å². The third-order valence-corrected chi connectivity index (χ3v) is 5.60. The zero-order valence-electron chi connectivity index (χ0n) is 17.1. The molecule has 2 aromatic heterocycles. The Kier molecular flexibility index (Phi) is 5.03. The molecule has 0 fully saturated rings. The van der Waals surface area contributed by atoms with Crippen LogP contribution in [0.3, 0.4) is 0 Å². The average Bonchev–Trinajstić information content (AvgIpc) is 3.16. The SMILES string of the molecule is CC1(C(=O)O)C=C(c2cc3ccc4c(C(F)(F)F)cc(C(F)(F)F)nc4c3[nH]2)C=C(C(=O)O)C1. The second-order valence-electron chi connectivity index (χ2n) is 8.13. The number of allylic oxidation sites excluding steroid dienone is 2. The quantitative estimate of drug-likeness (QED) is 0.418. The molecule has 0 amide bonds. The van der Waals surface area contributed by atoms with Crippen LogP contribution in [0.15, 0.2) is 42.0 Å². The van der Waals surface area contributed by atoms with E-state index in [1.54, 1.807) is 0 Å². The van der Waals surface area contributed by atoms with E-state index in [1.165, 1.54) is 31.2 Å². The Labute approximate surface area is 186 Å². The first-order chi connectivity index (χ1) is 15.6. The Morgan fingerprint density at radius 1 is 1.06 bits per heavy atom. The van der Waals surface area contributed by atoms with Crippen molar-refractivity contribution in [2.45, 2.75) is 25.7 Å². The number of pyridine rings is 1. The summed E-state index contributed by atoms with van der Waals surface area (Å²) in [5, 5.41) is 18.6. The Balaban J connectivity index is 2.01. The van der Waals surface area contributed by atoms with E-state index in [2.05, 4.69) is 9.97 Å². The number of fused-ring (bicyclic) bond motifs is 3. The van der Waals surface area contributed by atoms with Crippen molar-refractivity contribution in [3.63, 3.8) is 0 Å². The van der Waals surface area contributed by atoms with Crippen LogP contribution in [0.2, 0.25) is 0 Å². The molecular weight excluding hydrogens is 470 g/mol. The van der Waals surface area contributed by atoms with Crippen molar-refractivity contribution in [1.82, 2.24) is 9.97 Å². The fourth-order valence-corrected chi connectivity index (χ4v) is 3.92. The van der Waals surface area contributed by atoms with Gasteiger partial charge in [0.15, 0.2) is 0 Å². The second-order valence-corrected chi connectivity index (χ2v) is 8.13. The summed E-state index contributed by atoms with van der Waals surface area (Å²) in [6, 6.07) is 3.57. The van der Waals surface area contributed by atoms with Crippen molar-refractivity contribution in [2.75, 3.05) is 0 Å². The molecule has 0 bridgehead atoms. The van der Waals surface area contributed by atoms with E-state index in [4.69, 9.17) is 0 Å². The monoisotopic (exact) mass is 484 g/mol. The summed E-state index contributed by atoms with van der Waals surface area (Å²) in [6.07, 6.45) is -8.05. The normalized spacial score (nSPS) is 19.3. The summed E-state index contributed by atoms with van der Waals surface area (Å²) in [6.45, 7) is 1.30. The summed E-state index contributed by atoms with van der Waals surface area (Å²) in [7, 11) is 0. The largest absolute Gasteiger partial charge is 0.481 e. The topological polar surface area (TPSA) is 103 Å². The summed E-state index contributed by atoms with van der Waals surface area (Å²) < 4.78 is 80.5. The number of benzene rings is 1. The smallest absolute Gasteiger partial charge is 0.433 e. The van der Waals surface area contributed by atoms with Gasteiger partial charge in [0, 0.05) is 22.0 Å². The number of carboxylic acid groups (broad SMARTS) is 2. The number of aromatic amines is 1. The number of alkyl halides is 6. The zero-order chi connectivity index (χ0) is 25.2. The highest BCUT2D eigenvalue weighted by Gasteiger charge is 2.40. The molecule has 3 N–H and O–H groups in total. The zero-order valence-corrected chi connectivity index (χ0v) is 17.1. The Hall–Kier alpha value is -3.83. The molecule has 178 valence electrons. The van der Waals surface area contributed by atoms with Gasteiger partial charge in [-0.3, -0.25) is 4.79 Å². The number of halogens is 6. The van der Waals surface area contributed by atoms with Gasteiger partial charge in [0.25, 0.3) is 0 Å². The van der Waals surface area contributed by atoms with E-state index < -0.39 is 51.9 Å². The van der Waals surface area contributed by atoms with E-state index in [1.807, 2.05) is 0 Å². The first-order valence-corrected chi connectivity index (χ1v) is 9.61. The number of nitrogens with one attached hydrogen (secondary N) is 1. The van der Waals surface area contributed by atoms with Gasteiger partial charge in [-0.2, -0.15) is 26.3 Å². The van der Waals surface area contributed by atoms with Crippen molar-refractivity contribution in [1.29, 1.82) is 0 Å². The van der Waals surface area contributed by atoms with Crippen LogP contribution in [-0.2, 0) is 21.9 Å². The first kappa shape index (κ1) is 23.3. The maximum Gasteiger partial charge on any atom is 0.433 e. The van der Waals surface area contributed by atoms with E-state index in [9.17, 15) is 46.1 Å². The molecule has 12 heteroatoms. The number of carboxylic acids is 2. The van der Waals surface area contributed by atoms with E-state index in [-0.39, 0.29) is 40.2 Å². The second kappa shape index (κ2) is 7.34. The van der Waals surface area contributed by atoms with Crippen LogP contribution in [0, 0.1) is 5.41 Å². The molecule has 0 radical (unpaired) electrons. The number of rotatable bonds is 3. The lowest BCUT2D eigenvalue weighted by molar-refractivity contribution is -0.146. The fourth-order valence-electron chi connectivity index (χ4n) is 3.92. The maximum atomic E-state index is 13.5. The number of aromatic nitrogens is 2. The van der Waals surface area contributed by atoms with Crippen molar-refractivity contribution in [3.05, 3.63) is 58.9 Å². The predicted octanol–water partition coefficient (Wildman–Crippen LogP) is 5.64. The van der Waals surface area contributed by atoms with Gasteiger partial charge in [0.2, 0.25) is 0 Å². The van der Waals surface area contributed by atoms with Gasteiger partial charge in [-0.25, -0.2) is 9.78 Å². The molecular formula is C22H14F6N2O4. The number of hydrogen-bond donors (Lipinski definition) is 3. The molecule has 6 nitrogen and oxygen atoms in total. The molecule has 0 saturated carbocycles. The van der Waals surface area contributed by atoms with Crippen molar-refractivity contribution in [3.8, 4) is 0 Å². The summed E-state index contributed by atoms with van der Waals surface area (Å²) in [4.78, 5) is 29.4. The van der Waals surface area contributed by atoms with Crippen molar-refractivity contribution in [2.24, 2.45) is 5.41 Å². The number of carbonyl (C=O) groups is 2. The molecule has 1 unspecified atom stereocenters. The average molecular weight is 484 g/mol. The van der Waals surface area contributed by atoms with Gasteiger partial charge in [0.1, 0.15) is 5.69 Å². The van der Waals surface area contributed by atoms with Gasteiger partial charge in [-0.1, -0.05) is 18.2 Å². The minimum atomic E-state index is -5.14. The molecule has 0 aliphatic heterocycles. The Morgan fingerprint density at radius 2 is 1.74 bits per heavy atom. The van der Waals surface area contributed by atoms with Crippen LogP contribution < -0.4 is 0 Å². The van der Waals surface area contributed by atoms with Crippen LogP contribution in [0.25, 0.3) is 27.4 Å². The lowest BCUT2D eigenvalue weighted by atomic mass is 9.77. The van der Waals surface area contributed by atoms with Crippen molar-refractivity contribution < 1.29 is 46.1 Å². The van der Waals surface area contributed by atoms with Crippen LogP contribution in [0.4, 0.5) is 26.3 Å². The number of aliphatic carboxylic acids is 2. The summed E-state index contributed by atoms with van der Waals surface area (Å²) >= 11 is 0. The first-order valence-electron chi connectivity index (χ1n) is 9.61. The highest BCUT2D eigenvalue weighted by atomic mass is 19.4. The van der Waals surface area contributed by atoms with E-state index in [0.717, 1.165) is 6.07 Å².